The zero-order chi connectivity index (χ0) is 16.7. The molecule has 0 unspecified atom stereocenters. The topological polar surface area (TPSA) is 67.4 Å². The fourth-order valence-electron chi connectivity index (χ4n) is 2.69. The first-order valence-corrected chi connectivity index (χ1v) is 7.97. The Balaban J connectivity index is 1.69. The van der Waals surface area contributed by atoms with Gasteiger partial charge in [0.25, 0.3) is 5.91 Å². The number of hydrogen-bond acceptors (Lipinski definition) is 3. The molecule has 1 aromatic rings. The molecule has 2 amide bonds. The van der Waals surface area contributed by atoms with E-state index in [-0.39, 0.29) is 23.9 Å². The van der Waals surface area contributed by atoms with Crippen molar-refractivity contribution in [3.05, 3.63) is 35.6 Å². The molecular formula is C17H23FN2O3. The van der Waals surface area contributed by atoms with Crippen LogP contribution in [0.25, 0.3) is 0 Å². The molecule has 0 aliphatic carbocycles. The van der Waals surface area contributed by atoms with Crippen LogP contribution < -0.4 is 10.6 Å². The largest absolute Gasteiger partial charge is 0.381 e. The molecule has 2 N–H and O–H groups in total. The van der Waals surface area contributed by atoms with Crippen molar-refractivity contribution < 1.29 is 18.7 Å². The molecule has 1 aliphatic rings. The highest BCUT2D eigenvalue weighted by molar-refractivity contribution is 5.94. The van der Waals surface area contributed by atoms with Crippen molar-refractivity contribution in [2.24, 2.45) is 11.8 Å². The molecule has 0 saturated carbocycles. The maximum Gasteiger partial charge on any atom is 0.254 e. The third kappa shape index (κ3) is 5.03. The second-order valence-electron chi connectivity index (χ2n) is 5.77. The lowest BCUT2D eigenvalue weighted by molar-refractivity contribution is -0.127. The van der Waals surface area contributed by atoms with E-state index in [0.29, 0.717) is 25.7 Å². The third-order valence-electron chi connectivity index (χ3n) is 4.21. The zero-order valence-electron chi connectivity index (χ0n) is 13.3. The summed E-state index contributed by atoms with van der Waals surface area (Å²) in [6, 6.07) is 5.81. The number of halogens is 1. The second-order valence-corrected chi connectivity index (χ2v) is 5.77. The van der Waals surface area contributed by atoms with E-state index in [1.165, 1.54) is 18.2 Å². The van der Waals surface area contributed by atoms with Gasteiger partial charge >= 0.3 is 0 Å². The summed E-state index contributed by atoms with van der Waals surface area (Å²) in [4.78, 5) is 23.9. The lowest BCUT2D eigenvalue weighted by Crippen LogP contribution is -2.39. The third-order valence-corrected chi connectivity index (χ3v) is 4.21. The van der Waals surface area contributed by atoms with E-state index in [4.69, 9.17) is 4.74 Å². The predicted molar refractivity (Wildman–Crippen MR) is 84.4 cm³/mol. The van der Waals surface area contributed by atoms with E-state index in [0.717, 1.165) is 12.8 Å². The van der Waals surface area contributed by atoms with Gasteiger partial charge in [-0.1, -0.05) is 19.1 Å². The molecule has 5 nitrogen and oxygen atoms in total. The molecule has 1 saturated heterocycles. The van der Waals surface area contributed by atoms with E-state index in [1.807, 2.05) is 6.92 Å². The molecule has 1 aliphatic heterocycles. The minimum Gasteiger partial charge on any atom is -0.381 e. The molecule has 0 radical (unpaired) electrons. The Morgan fingerprint density at radius 1 is 1.22 bits per heavy atom. The summed E-state index contributed by atoms with van der Waals surface area (Å²) in [7, 11) is 0. The van der Waals surface area contributed by atoms with Crippen LogP contribution in [0.4, 0.5) is 4.39 Å². The van der Waals surface area contributed by atoms with Gasteiger partial charge in [-0.25, -0.2) is 4.39 Å². The first-order valence-electron chi connectivity index (χ1n) is 7.97. The van der Waals surface area contributed by atoms with Crippen molar-refractivity contribution >= 4 is 11.8 Å². The molecule has 126 valence electrons. The average molecular weight is 322 g/mol. The Morgan fingerprint density at radius 3 is 2.57 bits per heavy atom. The van der Waals surface area contributed by atoms with Crippen LogP contribution in [-0.4, -0.2) is 38.1 Å². The Kier molecular flexibility index (Phi) is 6.52. The summed E-state index contributed by atoms with van der Waals surface area (Å²) in [5, 5.41) is 5.41. The lowest BCUT2D eigenvalue weighted by Gasteiger charge is -2.26. The monoisotopic (exact) mass is 322 g/mol. The minimum absolute atomic E-state index is 0.00870. The number of rotatable bonds is 6. The summed E-state index contributed by atoms with van der Waals surface area (Å²) >= 11 is 0. The van der Waals surface area contributed by atoms with Gasteiger partial charge in [0.15, 0.2) is 0 Å². The SMILES string of the molecule is C[C@H](C(=O)NCCNC(=O)c1ccccc1F)C1CCOCC1. The number of benzene rings is 1. The molecule has 2 rings (SSSR count). The Labute approximate surface area is 135 Å². The van der Waals surface area contributed by atoms with Gasteiger partial charge in [0.05, 0.1) is 5.56 Å². The van der Waals surface area contributed by atoms with Crippen LogP contribution in [0, 0.1) is 17.7 Å². The standard InChI is InChI=1S/C17H23FN2O3/c1-12(13-6-10-23-11-7-13)16(21)19-8-9-20-17(22)14-4-2-3-5-15(14)18/h2-5,12-13H,6-11H2,1H3,(H,19,21)(H,20,22)/t12-/m0/s1. The van der Waals surface area contributed by atoms with Crippen LogP contribution in [0.3, 0.4) is 0 Å². The van der Waals surface area contributed by atoms with Gasteiger partial charge in [-0.2, -0.15) is 0 Å². The van der Waals surface area contributed by atoms with E-state index in [2.05, 4.69) is 10.6 Å². The summed E-state index contributed by atoms with van der Waals surface area (Å²) in [6.45, 7) is 3.93. The fourth-order valence-corrected chi connectivity index (χ4v) is 2.69. The average Bonchev–Trinajstić information content (AvgIpc) is 2.58. The van der Waals surface area contributed by atoms with Gasteiger partial charge in [-0.3, -0.25) is 9.59 Å². The van der Waals surface area contributed by atoms with Gasteiger partial charge in [-0.05, 0) is 30.9 Å². The zero-order valence-corrected chi connectivity index (χ0v) is 13.3. The maximum absolute atomic E-state index is 13.4. The van der Waals surface area contributed by atoms with E-state index >= 15 is 0 Å². The molecule has 23 heavy (non-hydrogen) atoms. The highest BCUT2D eigenvalue weighted by Gasteiger charge is 2.25. The Morgan fingerprint density at radius 2 is 1.87 bits per heavy atom. The van der Waals surface area contributed by atoms with Crippen LogP contribution in [0.15, 0.2) is 24.3 Å². The summed E-state index contributed by atoms with van der Waals surface area (Å²) in [5.41, 5.74) is 0.00870. The molecule has 1 heterocycles. The van der Waals surface area contributed by atoms with Crippen LogP contribution >= 0.6 is 0 Å². The maximum atomic E-state index is 13.4. The summed E-state index contributed by atoms with van der Waals surface area (Å²) in [6.07, 6.45) is 1.80. The van der Waals surface area contributed by atoms with Crippen LogP contribution in [-0.2, 0) is 9.53 Å². The Bertz CT molecular complexity index is 544. The highest BCUT2D eigenvalue weighted by Crippen LogP contribution is 2.23. The molecule has 1 aromatic carbocycles. The van der Waals surface area contributed by atoms with E-state index in [1.54, 1.807) is 6.07 Å². The van der Waals surface area contributed by atoms with Crippen molar-refractivity contribution in [2.75, 3.05) is 26.3 Å². The van der Waals surface area contributed by atoms with E-state index in [9.17, 15) is 14.0 Å². The molecule has 1 atom stereocenters. The number of nitrogens with one attached hydrogen (secondary N) is 2. The highest BCUT2D eigenvalue weighted by atomic mass is 19.1. The van der Waals surface area contributed by atoms with Crippen molar-refractivity contribution in [3.8, 4) is 0 Å². The fraction of sp³-hybridized carbons (Fsp3) is 0.529. The van der Waals surface area contributed by atoms with Gasteiger partial charge in [0.1, 0.15) is 5.82 Å². The van der Waals surface area contributed by atoms with E-state index < -0.39 is 11.7 Å². The summed E-state index contributed by atoms with van der Waals surface area (Å²) in [5.74, 6) is -0.771. The van der Waals surface area contributed by atoms with Gasteiger partial charge in [0.2, 0.25) is 5.91 Å². The normalized spacial score (nSPS) is 16.6. The molecule has 0 aromatic heterocycles. The number of ether oxygens (including phenoxy) is 1. The molecule has 0 bridgehead atoms. The van der Waals surface area contributed by atoms with Gasteiger partial charge < -0.3 is 15.4 Å². The van der Waals surface area contributed by atoms with Crippen molar-refractivity contribution in [3.63, 3.8) is 0 Å². The first-order chi connectivity index (χ1) is 11.1. The van der Waals surface area contributed by atoms with Crippen molar-refractivity contribution in [2.45, 2.75) is 19.8 Å². The number of carbonyl (C=O) groups is 2. The van der Waals surface area contributed by atoms with Gasteiger partial charge in [0, 0.05) is 32.2 Å². The van der Waals surface area contributed by atoms with Crippen LogP contribution in [0.1, 0.15) is 30.1 Å². The van der Waals surface area contributed by atoms with Crippen LogP contribution in [0.5, 0.6) is 0 Å². The lowest BCUT2D eigenvalue weighted by atomic mass is 9.87. The quantitative estimate of drug-likeness (QED) is 0.784. The predicted octanol–water partition coefficient (Wildman–Crippen LogP) is 1.73. The first kappa shape index (κ1) is 17.4. The molecule has 1 fully saturated rings. The number of amides is 2. The minimum atomic E-state index is -0.554. The van der Waals surface area contributed by atoms with Crippen molar-refractivity contribution in [1.82, 2.24) is 10.6 Å². The van der Waals surface area contributed by atoms with Gasteiger partial charge in [-0.15, -0.1) is 0 Å². The number of hydrogen-bond donors (Lipinski definition) is 2. The molecule has 6 heteroatoms. The molecular weight excluding hydrogens is 299 g/mol. The van der Waals surface area contributed by atoms with Crippen LogP contribution in [0.2, 0.25) is 0 Å². The molecule has 0 spiro atoms. The number of carbonyl (C=O) groups excluding carboxylic acids is 2. The smallest absolute Gasteiger partial charge is 0.254 e. The summed E-state index contributed by atoms with van der Waals surface area (Å²) < 4.78 is 18.7. The van der Waals surface area contributed by atoms with Crippen molar-refractivity contribution in [1.29, 1.82) is 0 Å². The second kappa shape index (κ2) is 8.62. The Hall–Kier alpha value is -1.95.